The minimum Gasteiger partial charge on any atom is -0.493 e. The second-order valence-electron chi connectivity index (χ2n) is 5.23. The van der Waals surface area contributed by atoms with Crippen LogP contribution in [0.1, 0.15) is 21.5 Å². The fraction of sp³-hybridized carbons (Fsp3) is 0.235. The van der Waals surface area contributed by atoms with Gasteiger partial charge in [-0.05, 0) is 35.9 Å². The predicted octanol–water partition coefficient (Wildman–Crippen LogP) is 4.38. The maximum absolute atomic E-state index is 13.1. The van der Waals surface area contributed by atoms with Crippen LogP contribution >= 0.6 is 0 Å². The Morgan fingerprint density at radius 1 is 1.11 bits per heavy atom. The van der Waals surface area contributed by atoms with Crippen LogP contribution in [0.5, 0.6) is 11.5 Å². The zero-order valence-corrected chi connectivity index (χ0v) is 13.7. The lowest BCUT2D eigenvalue weighted by atomic mass is 10.1. The van der Waals surface area contributed by atoms with Gasteiger partial charge >= 0.3 is 12.8 Å². The Balaban J connectivity index is 2.17. The van der Waals surface area contributed by atoms with Crippen LogP contribution in [-0.2, 0) is 12.7 Å². The molecule has 0 bridgehead atoms. The molecule has 2 rings (SSSR count). The first kappa shape index (κ1) is 20.4. The van der Waals surface area contributed by atoms with Gasteiger partial charge in [0.25, 0.3) is 5.91 Å². The highest BCUT2D eigenvalue weighted by Gasteiger charge is 2.33. The summed E-state index contributed by atoms with van der Waals surface area (Å²) in [5.41, 5.74) is -1.59. The summed E-state index contributed by atoms with van der Waals surface area (Å²) >= 11 is 0. The Hall–Kier alpha value is -2.91. The molecule has 1 N–H and O–H groups in total. The summed E-state index contributed by atoms with van der Waals surface area (Å²) in [7, 11) is 1.17. The van der Waals surface area contributed by atoms with E-state index in [1.807, 2.05) is 0 Å². The average Bonchev–Trinajstić information content (AvgIpc) is 2.59. The number of amides is 1. The summed E-state index contributed by atoms with van der Waals surface area (Å²) in [6.07, 6.45) is -4.79. The highest BCUT2D eigenvalue weighted by Crippen LogP contribution is 2.33. The highest BCUT2D eigenvalue weighted by atomic mass is 19.4. The van der Waals surface area contributed by atoms with Crippen LogP contribution < -0.4 is 14.8 Å². The predicted molar refractivity (Wildman–Crippen MR) is 82.2 cm³/mol. The molecule has 0 fully saturated rings. The van der Waals surface area contributed by atoms with Crippen LogP contribution in [0.15, 0.2) is 36.4 Å². The molecule has 146 valence electrons. The molecular formula is C17H13F6NO3. The first-order chi connectivity index (χ1) is 12.6. The molecule has 0 aromatic heterocycles. The van der Waals surface area contributed by atoms with Crippen LogP contribution in [-0.4, -0.2) is 19.6 Å². The third-order valence-corrected chi connectivity index (χ3v) is 3.46. The molecule has 0 atom stereocenters. The molecule has 0 heterocycles. The summed E-state index contributed by atoms with van der Waals surface area (Å²) in [5, 5.41) is 2.25. The smallest absolute Gasteiger partial charge is 0.416 e. The first-order valence-corrected chi connectivity index (χ1v) is 7.38. The van der Waals surface area contributed by atoms with E-state index in [0.717, 1.165) is 30.3 Å². The number of carbonyl (C=O) groups is 1. The van der Waals surface area contributed by atoms with Gasteiger partial charge in [0.15, 0.2) is 11.5 Å². The second-order valence-corrected chi connectivity index (χ2v) is 5.23. The number of benzene rings is 2. The number of carbonyl (C=O) groups excluding carboxylic acids is 1. The van der Waals surface area contributed by atoms with Crippen molar-refractivity contribution in [2.75, 3.05) is 7.11 Å². The number of hydrogen-bond donors (Lipinski definition) is 1. The van der Waals surface area contributed by atoms with E-state index in [1.165, 1.54) is 7.11 Å². The summed E-state index contributed by atoms with van der Waals surface area (Å²) in [4.78, 5) is 12.1. The molecule has 0 radical (unpaired) electrons. The fourth-order valence-corrected chi connectivity index (χ4v) is 2.25. The second kappa shape index (κ2) is 8.19. The number of halogens is 6. The summed E-state index contributed by atoms with van der Waals surface area (Å²) in [5.74, 6) is -2.30. The van der Waals surface area contributed by atoms with Crippen molar-refractivity contribution in [3.8, 4) is 11.5 Å². The van der Waals surface area contributed by atoms with Gasteiger partial charge in [-0.3, -0.25) is 4.79 Å². The topological polar surface area (TPSA) is 47.6 Å². The van der Waals surface area contributed by atoms with E-state index in [-0.39, 0.29) is 22.6 Å². The Morgan fingerprint density at radius 3 is 2.41 bits per heavy atom. The molecule has 0 aliphatic rings. The standard InChI is InChI=1S/C17H13F6NO3/c1-26-14-6-9(3-5-13(14)27-16(19)20)15(25)24-8-10-2-4-11(18)7-12(10)17(21,22)23/h2-7,16H,8H2,1H3,(H,24,25). The van der Waals surface area contributed by atoms with E-state index in [0.29, 0.717) is 6.07 Å². The Bertz CT molecular complexity index is 823. The normalized spacial score (nSPS) is 11.4. The van der Waals surface area contributed by atoms with E-state index in [4.69, 9.17) is 4.74 Å². The molecule has 0 saturated heterocycles. The Morgan fingerprint density at radius 2 is 1.81 bits per heavy atom. The monoisotopic (exact) mass is 393 g/mol. The maximum atomic E-state index is 13.1. The number of ether oxygens (including phenoxy) is 2. The van der Waals surface area contributed by atoms with Crippen molar-refractivity contribution in [2.24, 2.45) is 0 Å². The highest BCUT2D eigenvalue weighted by molar-refractivity contribution is 5.94. The van der Waals surface area contributed by atoms with E-state index < -0.39 is 36.6 Å². The lowest BCUT2D eigenvalue weighted by molar-refractivity contribution is -0.138. The lowest BCUT2D eigenvalue weighted by Crippen LogP contribution is -2.24. The van der Waals surface area contributed by atoms with Gasteiger partial charge in [-0.2, -0.15) is 22.0 Å². The molecule has 0 aliphatic heterocycles. The molecule has 10 heteroatoms. The zero-order chi connectivity index (χ0) is 20.2. The van der Waals surface area contributed by atoms with E-state index >= 15 is 0 Å². The van der Waals surface area contributed by atoms with Crippen molar-refractivity contribution in [3.05, 3.63) is 58.9 Å². The number of methoxy groups -OCH3 is 1. The van der Waals surface area contributed by atoms with Crippen molar-refractivity contribution >= 4 is 5.91 Å². The summed E-state index contributed by atoms with van der Waals surface area (Å²) < 4.78 is 85.6. The molecular weight excluding hydrogens is 380 g/mol. The summed E-state index contributed by atoms with van der Waals surface area (Å²) in [6.45, 7) is -3.62. The lowest BCUT2D eigenvalue weighted by Gasteiger charge is -2.14. The molecule has 27 heavy (non-hydrogen) atoms. The third kappa shape index (κ3) is 5.28. The van der Waals surface area contributed by atoms with Crippen molar-refractivity contribution in [1.82, 2.24) is 5.32 Å². The largest absolute Gasteiger partial charge is 0.493 e. The third-order valence-electron chi connectivity index (χ3n) is 3.46. The van der Waals surface area contributed by atoms with Crippen molar-refractivity contribution < 1.29 is 40.6 Å². The van der Waals surface area contributed by atoms with Gasteiger partial charge in [0, 0.05) is 12.1 Å². The van der Waals surface area contributed by atoms with Gasteiger partial charge < -0.3 is 14.8 Å². The van der Waals surface area contributed by atoms with E-state index in [9.17, 15) is 31.1 Å². The van der Waals surface area contributed by atoms with E-state index in [2.05, 4.69) is 10.1 Å². The van der Waals surface area contributed by atoms with Gasteiger partial charge in [0.2, 0.25) is 0 Å². The first-order valence-electron chi connectivity index (χ1n) is 7.38. The van der Waals surface area contributed by atoms with Crippen LogP contribution in [0, 0.1) is 5.82 Å². The molecule has 4 nitrogen and oxygen atoms in total. The minimum absolute atomic E-state index is 0.0517. The van der Waals surface area contributed by atoms with E-state index in [1.54, 1.807) is 0 Å². The number of rotatable bonds is 6. The fourth-order valence-electron chi connectivity index (χ4n) is 2.25. The maximum Gasteiger partial charge on any atom is 0.416 e. The molecule has 2 aromatic rings. The average molecular weight is 393 g/mol. The van der Waals surface area contributed by atoms with Crippen LogP contribution in [0.2, 0.25) is 0 Å². The Labute approximate surface area is 149 Å². The van der Waals surface area contributed by atoms with Crippen molar-refractivity contribution in [2.45, 2.75) is 19.3 Å². The molecule has 0 saturated carbocycles. The zero-order valence-electron chi connectivity index (χ0n) is 13.7. The van der Waals surface area contributed by atoms with Crippen LogP contribution in [0.3, 0.4) is 0 Å². The summed E-state index contributed by atoms with van der Waals surface area (Å²) in [6, 6.07) is 5.40. The number of alkyl halides is 5. The van der Waals surface area contributed by atoms with Gasteiger partial charge in [0.05, 0.1) is 12.7 Å². The van der Waals surface area contributed by atoms with Gasteiger partial charge in [0.1, 0.15) is 5.82 Å². The minimum atomic E-state index is -4.79. The van der Waals surface area contributed by atoms with Crippen molar-refractivity contribution in [1.29, 1.82) is 0 Å². The number of hydrogen-bond acceptors (Lipinski definition) is 3. The quantitative estimate of drug-likeness (QED) is 0.741. The molecule has 2 aromatic carbocycles. The molecule has 0 aliphatic carbocycles. The molecule has 1 amide bonds. The Kier molecular flexibility index (Phi) is 6.19. The van der Waals surface area contributed by atoms with Gasteiger partial charge in [-0.1, -0.05) is 6.07 Å². The van der Waals surface area contributed by atoms with Gasteiger partial charge in [-0.15, -0.1) is 0 Å². The molecule has 0 spiro atoms. The molecule has 0 unspecified atom stereocenters. The SMILES string of the molecule is COc1cc(C(=O)NCc2ccc(F)cc2C(F)(F)F)ccc1OC(F)F. The van der Waals surface area contributed by atoms with Crippen LogP contribution in [0.4, 0.5) is 26.3 Å². The number of nitrogens with one attached hydrogen (secondary N) is 1. The van der Waals surface area contributed by atoms with Gasteiger partial charge in [-0.25, -0.2) is 4.39 Å². The van der Waals surface area contributed by atoms with Crippen molar-refractivity contribution in [3.63, 3.8) is 0 Å². The van der Waals surface area contributed by atoms with Crippen LogP contribution in [0.25, 0.3) is 0 Å².